The number of aromatic nitrogens is 1. The van der Waals surface area contributed by atoms with Gasteiger partial charge in [-0.3, -0.25) is 0 Å². The van der Waals surface area contributed by atoms with Crippen LogP contribution in [0.2, 0.25) is 0 Å². The molecule has 0 bridgehead atoms. The lowest BCUT2D eigenvalue weighted by Crippen LogP contribution is -2.76. The van der Waals surface area contributed by atoms with Crippen LogP contribution in [0.25, 0.3) is 6.08 Å². The van der Waals surface area contributed by atoms with Crippen LogP contribution in [0.1, 0.15) is 5.56 Å². The standard InChI is InChI=1S/C8H9BrN2O/c1-3-6-4-8(9)10-5-7(6)11-12-2/h3-5,11H,1H2,2H3/p+1. The van der Waals surface area contributed by atoms with Crippen LogP contribution in [-0.2, 0) is 4.84 Å². The van der Waals surface area contributed by atoms with Crippen molar-refractivity contribution in [2.75, 3.05) is 7.11 Å². The molecule has 0 saturated carbocycles. The molecule has 0 radical (unpaired) electrons. The summed E-state index contributed by atoms with van der Waals surface area (Å²) < 4.78 is 0.797. The maximum atomic E-state index is 4.88. The van der Waals surface area contributed by atoms with Crippen LogP contribution >= 0.6 is 15.9 Å². The van der Waals surface area contributed by atoms with E-state index in [1.165, 1.54) is 0 Å². The number of pyridine rings is 1. The monoisotopic (exact) mass is 229 g/mol. The van der Waals surface area contributed by atoms with E-state index in [0.29, 0.717) is 0 Å². The van der Waals surface area contributed by atoms with E-state index in [1.54, 1.807) is 24.9 Å². The van der Waals surface area contributed by atoms with Gasteiger partial charge in [-0.15, -0.1) is 0 Å². The molecule has 1 aromatic heterocycles. The Labute approximate surface area is 79.5 Å². The van der Waals surface area contributed by atoms with E-state index in [1.807, 2.05) is 6.07 Å². The predicted molar refractivity (Wildman–Crippen MR) is 50.6 cm³/mol. The molecule has 12 heavy (non-hydrogen) atoms. The second-order valence-corrected chi connectivity index (χ2v) is 3.01. The average Bonchev–Trinajstić information content (AvgIpc) is 2.08. The highest BCUT2D eigenvalue weighted by Gasteiger charge is 2.04. The summed E-state index contributed by atoms with van der Waals surface area (Å²) in [6, 6.07) is 1.89. The molecule has 0 unspecified atom stereocenters. The minimum atomic E-state index is 0.797. The molecule has 1 heterocycles. The van der Waals surface area contributed by atoms with Gasteiger partial charge in [0.2, 0.25) is 0 Å². The number of nitrogens with zero attached hydrogens (tertiary/aromatic N) is 1. The highest BCUT2D eigenvalue weighted by atomic mass is 79.9. The van der Waals surface area contributed by atoms with E-state index in [9.17, 15) is 0 Å². The second kappa shape index (κ2) is 4.35. The number of quaternary nitrogens is 1. The summed E-state index contributed by atoms with van der Waals surface area (Å²) in [6.45, 7) is 3.69. The van der Waals surface area contributed by atoms with Crippen LogP contribution in [-0.4, -0.2) is 12.1 Å². The van der Waals surface area contributed by atoms with E-state index in [2.05, 4.69) is 27.5 Å². The van der Waals surface area contributed by atoms with Crippen molar-refractivity contribution in [2.24, 2.45) is 0 Å². The summed E-state index contributed by atoms with van der Waals surface area (Å²) in [6.07, 6.45) is 3.49. The molecule has 64 valence electrons. The SMILES string of the molecule is C=Cc1cc(Br)ncc1[NH2+]OC. The third-order valence-corrected chi connectivity index (χ3v) is 1.83. The highest BCUT2D eigenvalue weighted by Crippen LogP contribution is 2.15. The Morgan fingerprint density at radius 2 is 2.50 bits per heavy atom. The Morgan fingerprint density at radius 1 is 1.75 bits per heavy atom. The molecule has 0 atom stereocenters. The molecule has 0 spiro atoms. The molecule has 1 rings (SSSR count). The van der Waals surface area contributed by atoms with Crippen molar-refractivity contribution < 1.29 is 10.3 Å². The highest BCUT2D eigenvalue weighted by molar-refractivity contribution is 9.10. The fourth-order valence-corrected chi connectivity index (χ4v) is 1.21. The van der Waals surface area contributed by atoms with Crippen LogP contribution in [0, 0.1) is 0 Å². The maximum absolute atomic E-state index is 4.88. The first-order valence-corrected chi connectivity index (χ1v) is 4.21. The van der Waals surface area contributed by atoms with Crippen molar-refractivity contribution in [2.45, 2.75) is 0 Å². The molecule has 4 heteroatoms. The van der Waals surface area contributed by atoms with Crippen molar-refractivity contribution >= 4 is 27.7 Å². The van der Waals surface area contributed by atoms with Crippen molar-refractivity contribution in [3.8, 4) is 0 Å². The summed E-state index contributed by atoms with van der Waals surface area (Å²) in [7, 11) is 1.61. The van der Waals surface area contributed by atoms with Crippen molar-refractivity contribution in [3.63, 3.8) is 0 Å². The molecule has 2 N–H and O–H groups in total. The Morgan fingerprint density at radius 3 is 3.08 bits per heavy atom. The summed E-state index contributed by atoms with van der Waals surface area (Å²) in [4.78, 5) is 8.95. The smallest absolute Gasteiger partial charge is 0.187 e. The van der Waals surface area contributed by atoms with Crippen molar-refractivity contribution in [1.29, 1.82) is 0 Å². The van der Waals surface area contributed by atoms with Crippen LogP contribution < -0.4 is 5.48 Å². The fourth-order valence-electron chi connectivity index (χ4n) is 0.857. The third kappa shape index (κ3) is 2.14. The van der Waals surface area contributed by atoms with Crippen LogP contribution in [0.4, 0.5) is 5.69 Å². The zero-order valence-electron chi connectivity index (χ0n) is 6.75. The number of nitrogens with two attached hydrogens (primary N) is 1. The summed E-state index contributed by atoms with van der Waals surface area (Å²) in [5, 5.41) is 0. The molecule has 0 aliphatic rings. The fraction of sp³-hybridized carbons (Fsp3) is 0.125. The minimum Gasteiger partial charge on any atom is -0.243 e. The average molecular weight is 230 g/mol. The third-order valence-electron chi connectivity index (χ3n) is 1.40. The molecular formula is C8H10BrN2O+. The number of rotatable bonds is 3. The van der Waals surface area contributed by atoms with Crippen molar-refractivity contribution in [3.05, 3.63) is 29.0 Å². The van der Waals surface area contributed by atoms with Crippen LogP contribution in [0.3, 0.4) is 0 Å². The largest absolute Gasteiger partial charge is 0.243 e. The number of hydrogen-bond donors (Lipinski definition) is 1. The second-order valence-electron chi connectivity index (χ2n) is 2.19. The lowest BCUT2D eigenvalue weighted by atomic mass is 10.2. The van der Waals surface area contributed by atoms with E-state index in [-0.39, 0.29) is 0 Å². The van der Waals surface area contributed by atoms with Gasteiger partial charge in [-0.2, -0.15) is 5.48 Å². The molecule has 0 aromatic carbocycles. The lowest BCUT2D eigenvalue weighted by Gasteiger charge is -2.00. The molecule has 3 nitrogen and oxygen atoms in total. The van der Waals surface area contributed by atoms with Gasteiger partial charge in [-0.25, -0.2) is 9.82 Å². The predicted octanol–water partition coefficient (Wildman–Crippen LogP) is 1.24. The van der Waals surface area contributed by atoms with Gasteiger partial charge < -0.3 is 0 Å². The first-order valence-electron chi connectivity index (χ1n) is 3.42. The number of halogens is 1. The van der Waals surface area contributed by atoms with Gasteiger partial charge in [-0.05, 0) is 22.0 Å². The van der Waals surface area contributed by atoms with Gasteiger partial charge >= 0.3 is 0 Å². The minimum absolute atomic E-state index is 0.797. The Balaban J connectivity index is 3.02. The quantitative estimate of drug-likeness (QED) is 0.626. The van der Waals surface area contributed by atoms with E-state index >= 15 is 0 Å². The summed E-state index contributed by atoms with van der Waals surface area (Å²) in [5.41, 5.74) is 3.56. The molecule has 1 aromatic rings. The summed E-state index contributed by atoms with van der Waals surface area (Å²) >= 11 is 3.27. The van der Waals surface area contributed by atoms with E-state index in [0.717, 1.165) is 15.9 Å². The van der Waals surface area contributed by atoms with Gasteiger partial charge in [0.15, 0.2) is 5.69 Å². The van der Waals surface area contributed by atoms with E-state index < -0.39 is 0 Å². The molecule has 0 saturated heterocycles. The Kier molecular flexibility index (Phi) is 3.40. The molecular weight excluding hydrogens is 220 g/mol. The molecule has 0 aliphatic carbocycles. The van der Waals surface area contributed by atoms with E-state index in [4.69, 9.17) is 4.84 Å². The Hall–Kier alpha value is -0.710. The van der Waals surface area contributed by atoms with Gasteiger partial charge in [-0.1, -0.05) is 12.7 Å². The van der Waals surface area contributed by atoms with Gasteiger partial charge in [0.25, 0.3) is 0 Å². The zero-order chi connectivity index (χ0) is 8.97. The van der Waals surface area contributed by atoms with Gasteiger partial charge in [0, 0.05) is 5.56 Å². The molecule has 0 aliphatic heterocycles. The zero-order valence-corrected chi connectivity index (χ0v) is 8.34. The molecule has 0 fully saturated rings. The number of hydrogen-bond acceptors (Lipinski definition) is 2. The maximum Gasteiger partial charge on any atom is 0.187 e. The summed E-state index contributed by atoms with van der Waals surface area (Å²) in [5.74, 6) is 0. The van der Waals surface area contributed by atoms with Gasteiger partial charge in [0.05, 0.1) is 13.3 Å². The Bertz CT molecular complexity index is 288. The van der Waals surface area contributed by atoms with Crippen molar-refractivity contribution in [1.82, 2.24) is 4.98 Å². The molecule has 0 amide bonds. The first kappa shape index (κ1) is 9.38. The van der Waals surface area contributed by atoms with Crippen LogP contribution in [0.5, 0.6) is 0 Å². The first-order chi connectivity index (χ1) is 5.77. The lowest BCUT2D eigenvalue weighted by molar-refractivity contribution is -0.830. The normalized spacial score (nSPS) is 9.83. The topological polar surface area (TPSA) is 38.7 Å². The van der Waals surface area contributed by atoms with Crippen LogP contribution in [0.15, 0.2) is 23.4 Å². The van der Waals surface area contributed by atoms with Gasteiger partial charge in [0.1, 0.15) is 4.60 Å².